The summed E-state index contributed by atoms with van der Waals surface area (Å²) in [6.07, 6.45) is 12.8. The van der Waals surface area contributed by atoms with Crippen molar-refractivity contribution < 1.29 is 4.92 Å². The van der Waals surface area contributed by atoms with Gasteiger partial charge in [0.1, 0.15) is 0 Å². The average molecular weight is 412 g/mol. The number of nitro groups is 1. The Balaban J connectivity index is 0.00000261. The molecule has 0 spiro atoms. The van der Waals surface area contributed by atoms with Gasteiger partial charge in [0.05, 0.1) is 11.0 Å². The van der Waals surface area contributed by atoms with Crippen LogP contribution in [0.1, 0.15) is 69.8 Å². The van der Waals surface area contributed by atoms with Crippen molar-refractivity contribution in [3.05, 3.63) is 39.9 Å². The van der Waals surface area contributed by atoms with E-state index in [2.05, 4.69) is 5.32 Å². The third-order valence-electron chi connectivity index (χ3n) is 5.33. The maximum atomic E-state index is 10.8. The highest BCUT2D eigenvalue weighted by molar-refractivity contribution is 8.13. The lowest BCUT2D eigenvalue weighted by atomic mass is 9.95. The summed E-state index contributed by atoms with van der Waals surface area (Å²) in [4.78, 5) is 15.5. The Bertz CT molecular complexity index is 612. The highest BCUT2D eigenvalue weighted by Gasteiger charge is 2.18. The van der Waals surface area contributed by atoms with Gasteiger partial charge < -0.3 is 5.32 Å². The normalized spacial score (nSPS) is 19.3. The lowest BCUT2D eigenvalue weighted by Gasteiger charge is -2.26. The molecule has 0 saturated heterocycles. The van der Waals surface area contributed by atoms with Crippen molar-refractivity contribution in [1.29, 1.82) is 0 Å². The Morgan fingerprint density at radius 2 is 1.63 bits per heavy atom. The number of hydrogen-bond acceptors (Lipinski definition) is 4. The summed E-state index contributed by atoms with van der Waals surface area (Å²) in [5.41, 5.74) is 1.25. The number of benzene rings is 1. The molecule has 2 fully saturated rings. The number of aliphatic imine (C=N–C) groups is 1. The Morgan fingerprint density at radius 1 is 1.04 bits per heavy atom. The molecule has 0 bridgehead atoms. The lowest BCUT2D eigenvalue weighted by Crippen LogP contribution is -2.35. The quantitative estimate of drug-likeness (QED) is 0.285. The van der Waals surface area contributed by atoms with Crippen molar-refractivity contribution in [1.82, 2.24) is 5.32 Å². The Labute approximate surface area is 172 Å². The van der Waals surface area contributed by atoms with Gasteiger partial charge in [-0.2, -0.15) is 0 Å². The maximum Gasteiger partial charge on any atom is 0.269 e. The van der Waals surface area contributed by atoms with Gasteiger partial charge >= 0.3 is 0 Å². The first-order valence-corrected chi connectivity index (χ1v) is 10.9. The topological polar surface area (TPSA) is 67.5 Å². The van der Waals surface area contributed by atoms with Crippen molar-refractivity contribution in [3.8, 4) is 0 Å². The van der Waals surface area contributed by atoms with E-state index in [0.29, 0.717) is 12.1 Å². The van der Waals surface area contributed by atoms with Crippen LogP contribution in [0.5, 0.6) is 0 Å². The molecule has 0 aliphatic heterocycles. The molecule has 0 amide bonds. The van der Waals surface area contributed by atoms with Crippen LogP contribution in [0, 0.1) is 10.1 Å². The summed E-state index contributed by atoms with van der Waals surface area (Å²) >= 11 is 1.75. The predicted molar refractivity (Wildman–Crippen MR) is 116 cm³/mol. The molecule has 0 atom stereocenters. The third-order valence-corrected chi connectivity index (χ3v) is 6.30. The molecule has 3 rings (SSSR count). The van der Waals surface area contributed by atoms with Gasteiger partial charge in [-0.25, -0.2) is 0 Å². The van der Waals surface area contributed by atoms with E-state index < -0.39 is 0 Å². The summed E-state index contributed by atoms with van der Waals surface area (Å²) < 4.78 is 0. The second kappa shape index (κ2) is 11.5. The van der Waals surface area contributed by atoms with Gasteiger partial charge in [-0.05, 0) is 31.2 Å². The van der Waals surface area contributed by atoms with Crippen LogP contribution >= 0.6 is 24.2 Å². The van der Waals surface area contributed by atoms with Gasteiger partial charge in [0.2, 0.25) is 0 Å². The van der Waals surface area contributed by atoms with Crippen molar-refractivity contribution in [2.45, 2.75) is 82.0 Å². The minimum absolute atomic E-state index is 0. The van der Waals surface area contributed by atoms with Crippen LogP contribution < -0.4 is 5.32 Å². The first-order valence-electron chi connectivity index (χ1n) is 9.91. The van der Waals surface area contributed by atoms with Crippen molar-refractivity contribution >= 4 is 35.0 Å². The molecule has 7 heteroatoms. The van der Waals surface area contributed by atoms with Crippen LogP contribution in [0.2, 0.25) is 0 Å². The number of amidine groups is 1. The first-order chi connectivity index (χ1) is 12.7. The van der Waals surface area contributed by atoms with E-state index in [9.17, 15) is 10.1 Å². The molecule has 150 valence electrons. The highest BCUT2D eigenvalue weighted by atomic mass is 35.5. The molecule has 0 radical (unpaired) electrons. The van der Waals surface area contributed by atoms with Crippen LogP contribution in [0.3, 0.4) is 0 Å². The van der Waals surface area contributed by atoms with Crippen LogP contribution in [0.4, 0.5) is 5.69 Å². The zero-order chi connectivity index (χ0) is 18.2. The standard InChI is InChI=1S/C20H29N3O2S.ClH/c24-23(25)19-13-11-16(12-14-19)15-26-20(21-17-7-3-1-4-8-17)22-18-9-5-2-6-10-18;/h11-14,17-18H,1-10,15H2,(H,21,22);1H. The smallest absolute Gasteiger partial charge is 0.269 e. The van der Waals surface area contributed by atoms with Gasteiger partial charge in [-0.15, -0.1) is 12.4 Å². The van der Waals surface area contributed by atoms with Crippen LogP contribution in [0.25, 0.3) is 0 Å². The molecule has 1 N–H and O–H groups in total. The van der Waals surface area contributed by atoms with Crippen LogP contribution in [0.15, 0.2) is 29.3 Å². The minimum Gasteiger partial charge on any atom is -0.362 e. The monoisotopic (exact) mass is 411 g/mol. The van der Waals surface area contributed by atoms with E-state index in [1.165, 1.54) is 64.2 Å². The van der Waals surface area contributed by atoms with E-state index in [0.717, 1.165) is 16.5 Å². The summed E-state index contributed by atoms with van der Waals surface area (Å²) in [5.74, 6) is 0.795. The largest absolute Gasteiger partial charge is 0.362 e. The van der Waals surface area contributed by atoms with Gasteiger partial charge in [0, 0.05) is 23.9 Å². The zero-order valence-electron chi connectivity index (χ0n) is 15.8. The summed E-state index contributed by atoms with van der Waals surface area (Å²) in [6.45, 7) is 0. The Hall–Kier alpha value is -1.27. The fourth-order valence-electron chi connectivity index (χ4n) is 3.78. The molecule has 0 unspecified atom stereocenters. The molecular formula is C20H30ClN3O2S. The molecule has 2 saturated carbocycles. The average Bonchev–Trinajstić information content (AvgIpc) is 2.68. The number of hydrogen-bond donors (Lipinski definition) is 1. The highest BCUT2D eigenvalue weighted by Crippen LogP contribution is 2.24. The number of nitrogens with one attached hydrogen (secondary N) is 1. The Kier molecular flexibility index (Phi) is 9.42. The number of nitro benzene ring substituents is 1. The molecule has 1 aromatic carbocycles. The summed E-state index contributed by atoms with van der Waals surface area (Å²) in [5, 5.41) is 15.6. The van der Waals surface area contributed by atoms with Gasteiger partial charge in [0.25, 0.3) is 5.69 Å². The van der Waals surface area contributed by atoms with E-state index in [1.807, 2.05) is 12.1 Å². The number of rotatable bonds is 5. The molecule has 5 nitrogen and oxygen atoms in total. The van der Waals surface area contributed by atoms with Gasteiger partial charge in [-0.3, -0.25) is 15.1 Å². The molecule has 0 aromatic heterocycles. The molecule has 2 aliphatic rings. The van der Waals surface area contributed by atoms with E-state index >= 15 is 0 Å². The zero-order valence-corrected chi connectivity index (χ0v) is 17.4. The van der Waals surface area contributed by atoms with E-state index in [4.69, 9.17) is 4.99 Å². The SMILES string of the molecule is Cl.O=[N+]([O-])c1ccc(CSC(=NC2CCCCC2)NC2CCCCC2)cc1. The maximum absolute atomic E-state index is 10.8. The number of halogens is 1. The second-order valence-corrected chi connectivity index (χ2v) is 8.38. The molecule has 0 heterocycles. The van der Waals surface area contributed by atoms with Gasteiger partial charge in [0.15, 0.2) is 5.17 Å². The predicted octanol–water partition coefficient (Wildman–Crippen LogP) is 5.86. The van der Waals surface area contributed by atoms with E-state index in [1.54, 1.807) is 23.9 Å². The number of thioether (sulfide) groups is 1. The third kappa shape index (κ3) is 7.34. The number of nitrogens with zero attached hydrogens (tertiary/aromatic N) is 2. The van der Waals surface area contributed by atoms with Crippen LogP contribution in [-0.4, -0.2) is 22.2 Å². The fourth-order valence-corrected chi connectivity index (χ4v) is 4.75. The Morgan fingerprint density at radius 3 is 2.22 bits per heavy atom. The summed E-state index contributed by atoms with van der Waals surface area (Å²) in [6, 6.07) is 7.88. The molecular weight excluding hydrogens is 382 g/mol. The second-order valence-electron chi connectivity index (χ2n) is 7.42. The van der Waals surface area contributed by atoms with Crippen molar-refractivity contribution in [2.75, 3.05) is 0 Å². The fraction of sp³-hybridized carbons (Fsp3) is 0.650. The first kappa shape index (κ1) is 22.0. The van der Waals surface area contributed by atoms with Gasteiger partial charge in [-0.1, -0.05) is 62.4 Å². The van der Waals surface area contributed by atoms with Crippen LogP contribution in [-0.2, 0) is 5.75 Å². The summed E-state index contributed by atoms with van der Waals surface area (Å²) in [7, 11) is 0. The van der Waals surface area contributed by atoms with Crippen molar-refractivity contribution in [2.24, 2.45) is 4.99 Å². The molecule has 27 heavy (non-hydrogen) atoms. The van der Waals surface area contributed by atoms with E-state index in [-0.39, 0.29) is 23.0 Å². The lowest BCUT2D eigenvalue weighted by molar-refractivity contribution is -0.384. The molecule has 1 aromatic rings. The number of non-ortho nitro benzene ring substituents is 1. The molecule has 2 aliphatic carbocycles. The minimum atomic E-state index is -0.350. The van der Waals surface area contributed by atoms with Crippen molar-refractivity contribution in [3.63, 3.8) is 0 Å².